The van der Waals surface area contributed by atoms with E-state index in [1.165, 1.54) is 12.3 Å². The van der Waals surface area contributed by atoms with Gasteiger partial charge in [0.1, 0.15) is 17.2 Å². The first kappa shape index (κ1) is 14.1. The Hall–Kier alpha value is -2.30. The summed E-state index contributed by atoms with van der Waals surface area (Å²) in [6.45, 7) is 3.84. The summed E-state index contributed by atoms with van der Waals surface area (Å²) < 4.78 is 18.9. The lowest BCUT2D eigenvalue weighted by atomic mass is 10.1. The van der Waals surface area contributed by atoms with Gasteiger partial charge in [-0.25, -0.2) is 19.2 Å². The van der Waals surface area contributed by atoms with Crippen molar-refractivity contribution in [2.75, 3.05) is 6.61 Å². The summed E-state index contributed by atoms with van der Waals surface area (Å²) in [4.78, 5) is 20.3. The molecule has 0 spiro atoms. The molecular weight excluding hydrogens is 259 g/mol. The highest BCUT2D eigenvalue weighted by molar-refractivity contribution is 5.95. The topological polar surface area (TPSA) is 52.1 Å². The molecule has 104 valence electrons. The van der Waals surface area contributed by atoms with Gasteiger partial charge in [-0.15, -0.1) is 0 Å². The second-order valence-electron chi connectivity index (χ2n) is 4.10. The zero-order valence-electron chi connectivity index (χ0n) is 11.4. The van der Waals surface area contributed by atoms with Gasteiger partial charge in [-0.05, 0) is 19.1 Å². The fourth-order valence-corrected chi connectivity index (χ4v) is 1.81. The van der Waals surface area contributed by atoms with Crippen molar-refractivity contribution in [3.8, 4) is 11.3 Å². The van der Waals surface area contributed by atoms with Crippen LogP contribution in [-0.4, -0.2) is 22.5 Å². The lowest BCUT2D eigenvalue weighted by Gasteiger charge is -2.09. The van der Waals surface area contributed by atoms with Crippen LogP contribution in [-0.2, 0) is 11.2 Å². The third-order valence-corrected chi connectivity index (χ3v) is 2.78. The molecule has 0 bridgehead atoms. The summed E-state index contributed by atoms with van der Waals surface area (Å²) in [5.74, 6) is -0.427. The predicted molar refractivity (Wildman–Crippen MR) is 72.8 cm³/mol. The molecule has 0 aliphatic heterocycles. The first-order valence-electron chi connectivity index (χ1n) is 6.45. The van der Waals surface area contributed by atoms with Crippen molar-refractivity contribution in [3.63, 3.8) is 0 Å². The van der Waals surface area contributed by atoms with Crippen LogP contribution in [0.5, 0.6) is 0 Å². The van der Waals surface area contributed by atoms with Crippen LogP contribution in [0.15, 0.2) is 30.5 Å². The monoisotopic (exact) mass is 274 g/mol. The lowest BCUT2D eigenvalue weighted by Crippen LogP contribution is -2.10. The predicted octanol–water partition coefficient (Wildman–Crippen LogP) is 3.02. The van der Waals surface area contributed by atoms with E-state index in [1.807, 2.05) is 6.92 Å². The molecule has 0 unspecified atom stereocenters. The van der Waals surface area contributed by atoms with Crippen LogP contribution in [0.3, 0.4) is 0 Å². The minimum absolute atomic E-state index is 0.175. The molecule has 0 saturated heterocycles. The van der Waals surface area contributed by atoms with Gasteiger partial charge >= 0.3 is 5.97 Å². The summed E-state index contributed by atoms with van der Waals surface area (Å²) >= 11 is 0. The summed E-state index contributed by atoms with van der Waals surface area (Å²) in [6, 6.07) is 6.20. The zero-order valence-corrected chi connectivity index (χ0v) is 11.4. The van der Waals surface area contributed by atoms with Gasteiger partial charge in [0.2, 0.25) is 0 Å². The number of aryl methyl sites for hydroxylation is 1. The highest BCUT2D eigenvalue weighted by Crippen LogP contribution is 2.24. The van der Waals surface area contributed by atoms with Gasteiger partial charge in [-0.1, -0.05) is 19.1 Å². The quantitative estimate of drug-likeness (QED) is 0.804. The maximum absolute atomic E-state index is 13.9. The van der Waals surface area contributed by atoms with Crippen LogP contribution in [0.25, 0.3) is 11.3 Å². The van der Waals surface area contributed by atoms with E-state index in [0.29, 0.717) is 12.2 Å². The molecule has 0 fully saturated rings. The molecule has 0 aliphatic carbocycles. The lowest BCUT2D eigenvalue weighted by molar-refractivity contribution is 0.0526. The number of hydrogen-bond acceptors (Lipinski definition) is 4. The van der Waals surface area contributed by atoms with Gasteiger partial charge < -0.3 is 4.74 Å². The Balaban J connectivity index is 2.59. The van der Waals surface area contributed by atoms with Crippen LogP contribution < -0.4 is 0 Å². The van der Waals surface area contributed by atoms with Crippen LogP contribution in [0.4, 0.5) is 4.39 Å². The van der Waals surface area contributed by atoms with Gasteiger partial charge in [0.05, 0.1) is 12.3 Å². The van der Waals surface area contributed by atoms with E-state index in [2.05, 4.69) is 9.97 Å². The van der Waals surface area contributed by atoms with Crippen molar-refractivity contribution in [3.05, 3.63) is 47.7 Å². The van der Waals surface area contributed by atoms with E-state index in [-0.39, 0.29) is 23.4 Å². The number of ether oxygens (including phenoxy) is 1. The molecule has 4 nitrogen and oxygen atoms in total. The maximum Gasteiger partial charge on any atom is 0.341 e. The van der Waals surface area contributed by atoms with E-state index in [0.717, 1.165) is 0 Å². The van der Waals surface area contributed by atoms with E-state index in [9.17, 15) is 9.18 Å². The highest BCUT2D eigenvalue weighted by Gasteiger charge is 2.19. The summed E-state index contributed by atoms with van der Waals surface area (Å²) in [5.41, 5.74) is 0.718. The van der Waals surface area contributed by atoms with Crippen molar-refractivity contribution in [2.24, 2.45) is 0 Å². The Morgan fingerprint density at radius 2 is 2.05 bits per heavy atom. The highest BCUT2D eigenvalue weighted by atomic mass is 19.1. The average Bonchev–Trinajstić information content (AvgIpc) is 2.47. The van der Waals surface area contributed by atoms with Crippen LogP contribution in [0, 0.1) is 5.82 Å². The Kier molecular flexibility index (Phi) is 4.40. The number of nitrogens with zero attached hydrogens (tertiary/aromatic N) is 2. The molecular formula is C15H15FN2O2. The van der Waals surface area contributed by atoms with E-state index in [4.69, 9.17) is 4.74 Å². The number of aromatic nitrogens is 2. The van der Waals surface area contributed by atoms with Crippen molar-refractivity contribution in [1.82, 2.24) is 9.97 Å². The van der Waals surface area contributed by atoms with Crippen LogP contribution in [0.2, 0.25) is 0 Å². The molecule has 2 aromatic rings. The Morgan fingerprint density at radius 3 is 2.70 bits per heavy atom. The molecule has 1 aromatic carbocycles. The van der Waals surface area contributed by atoms with Gasteiger partial charge in [0.25, 0.3) is 0 Å². The number of esters is 1. The van der Waals surface area contributed by atoms with Crippen molar-refractivity contribution in [2.45, 2.75) is 20.3 Å². The molecule has 0 amide bonds. The first-order chi connectivity index (χ1) is 9.67. The van der Waals surface area contributed by atoms with E-state index < -0.39 is 11.8 Å². The maximum atomic E-state index is 13.9. The summed E-state index contributed by atoms with van der Waals surface area (Å²) in [5, 5.41) is 0. The average molecular weight is 274 g/mol. The summed E-state index contributed by atoms with van der Waals surface area (Å²) in [7, 11) is 0. The van der Waals surface area contributed by atoms with Gasteiger partial charge in [-0.3, -0.25) is 0 Å². The minimum atomic E-state index is -0.548. The molecule has 0 saturated carbocycles. The normalized spacial score (nSPS) is 10.3. The second-order valence-corrected chi connectivity index (χ2v) is 4.10. The number of benzene rings is 1. The Morgan fingerprint density at radius 1 is 1.30 bits per heavy atom. The van der Waals surface area contributed by atoms with Crippen LogP contribution in [0.1, 0.15) is 30.0 Å². The number of rotatable bonds is 4. The number of carbonyl (C=O) groups excluding carboxylic acids is 1. The fraction of sp³-hybridized carbons (Fsp3) is 0.267. The van der Waals surface area contributed by atoms with Crippen molar-refractivity contribution in [1.29, 1.82) is 0 Å². The number of carbonyl (C=O) groups is 1. The summed E-state index contributed by atoms with van der Waals surface area (Å²) in [6.07, 6.45) is 2.00. The second kappa shape index (κ2) is 6.23. The van der Waals surface area contributed by atoms with Crippen molar-refractivity contribution < 1.29 is 13.9 Å². The number of hydrogen-bond donors (Lipinski definition) is 0. The smallest absolute Gasteiger partial charge is 0.341 e. The zero-order chi connectivity index (χ0) is 14.5. The first-order valence-corrected chi connectivity index (χ1v) is 6.45. The molecule has 5 heteroatoms. The molecule has 0 radical (unpaired) electrons. The Labute approximate surface area is 116 Å². The van der Waals surface area contributed by atoms with Crippen molar-refractivity contribution >= 4 is 5.97 Å². The van der Waals surface area contributed by atoms with Gasteiger partial charge in [-0.2, -0.15) is 0 Å². The molecule has 2 rings (SSSR count). The van der Waals surface area contributed by atoms with Gasteiger partial charge in [0, 0.05) is 18.2 Å². The molecule has 0 atom stereocenters. The molecule has 0 N–H and O–H groups in total. The van der Waals surface area contributed by atoms with E-state index >= 15 is 0 Å². The molecule has 1 aromatic heterocycles. The molecule has 0 aliphatic rings. The third kappa shape index (κ3) is 2.82. The number of halogens is 1. The Bertz CT molecular complexity index is 629. The fourth-order valence-electron chi connectivity index (χ4n) is 1.81. The molecule has 1 heterocycles. The minimum Gasteiger partial charge on any atom is -0.462 e. The largest absolute Gasteiger partial charge is 0.462 e. The molecule has 20 heavy (non-hydrogen) atoms. The SMILES string of the molecule is CCOC(=O)c1cnc(CC)nc1-c1ccccc1F. The standard InChI is InChI=1S/C15H15FN2O2/c1-3-13-17-9-11(15(19)20-4-2)14(18-13)10-7-5-6-8-12(10)16/h5-9H,3-4H2,1-2H3. The van der Waals surface area contributed by atoms with Gasteiger partial charge in [0.15, 0.2) is 0 Å². The van der Waals surface area contributed by atoms with Crippen LogP contribution >= 0.6 is 0 Å². The van der Waals surface area contributed by atoms with E-state index in [1.54, 1.807) is 25.1 Å². The third-order valence-electron chi connectivity index (χ3n) is 2.78.